The van der Waals surface area contributed by atoms with Gasteiger partial charge in [0.15, 0.2) is 12.6 Å². The molecule has 0 spiro atoms. The maximum atomic E-state index is 14.6. The lowest BCUT2D eigenvalue weighted by molar-refractivity contribution is -0.358. The number of allylic oxidation sites excluding steroid dienone is 2. The number of ether oxygens (including phenoxy) is 5. The van der Waals surface area contributed by atoms with Gasteiger partial charge in [0.2, 0.25) is 0 Å². The number of carbonyl (C=O) groups excluding carboxylic acids is 1. The molecule has 0 aromatic carbocycles. The Labute approximate surface area is 399 Å². The van der Waals surface area contributed by atoms with Crippen LogP contribution in [0.2, 0.25) is 0 Å². The highest BCUT2D eigenvalue weighted by Crippen LogP contribution is 2.75. The second-order valence-corrected chi connectivity index (χ2v) is 23.8. The summed E-state index contributed by atoms with van der Waals surface area (Å²) in [6.07, 6.45) is -16.8. The molecule has 2 aliphatic heterocycles. The molecule has 2 heterocycles. The van der Waals surface area contributed by atoms with Gasteiger partial charge < -0.3 is 85.0 Å². The van der Waals surface area contributed by atoms with Crippen LogP contribution in [0.25, 0.3) is 0 Å². The van der Waals surface area contributed by atoms with Crippen molar-refractivity contribution in [2.45, 2.75) is 198 Å². The van der Waals surface area contributed by atoms with Crippen LogP contribution in [0.3, 0.4) is 0 Å². The van der Waals surface area contributed by atoms with Gasteiger partial charge in [0, 0.05) is 11.3 Å². The largest absolute Gasteiger partial charge is 0.459 e. The van der Waals surface area contributed by atoms with Crippen LogP contribution in [-0.2, 0) is 28.5 Å². The van der Waals surface area contributed by atoms with Gasteiger partial charge in [0.25, 0.3) is 0 Å². The van der Waals surface area contributed by atoms with E-state index in [9.17, 15) is 66.1 Å². The van der Waals surface area contributed by atoms with Crippen LogP contribution in [0.15, 0.2) is 11.6 Å². The highest BCUT2D eigenvalue weighted by molar-refractivity contribution is 5.73. The first-order chi connectivity index (χ1) is 31.8. The number of aliphatic hydroxyl groups excluding tert-OH is 12. The summed E-state index contributed by atoms with van der Waals surface area (Å²) in [6.45, 7) is 15.9. The highest BCUT2D eigenvalue weighted by Gasteiger charge is 2.71. The fraction of sp³-hybridized carbons (Fsp3) is 0.940. The molecular formula is C50H82O18. The van der Waals surface area contributed by atoms with Crippen molar-refractivity contribution in [3.8, 4) is 0 Å². The summed E-state index contributed by atoms with van der Waals surface area (Å²) in [7, 11) is 0. The first-order valence-corrected chi connectivity index (χ1v) is 25.3. The molecule has 0 radical (unpaired) electrons. The zero-order valence-corrected chi connectivity index (χ0v) is 40.9. The topological polar surface area (TPSA) is 306 Å². The van der Waals surface area contributed by atoms with Crippen LogP contribution in [-0.4, -0.2) is 185 Å². The maximum absolute atomic E-state index is 14.6. The van der Waals surface area contributed by atoms with Crippen molar-refractivity contribution < 1.29 is 89.8 Å². The molecule has 18 nitrogen and oxygen atoms in total. The maximum Gasteiger partial charge on any atom is 0.309 e. The van der Waals surface area contributed by atoms with Crippen LogP contribution in [0.1, 0.15) is 100 Å². The van der Waals surface area contributed by atoms with E-state index < -0.39 is 134 Å². The number of esters is 1. The lowest BCUT2D eigenvalue weighted by Crippen LogP contribution is -2.68. The van der Waals surface area contributed by atoms with Crippen molar-refractivity contribution in [3.63, 3.8) is 0 Å². The Balaban J connectivity index is 0.960. The molecule has 18 heteroatoms. The molecule has 0 aromatic rings. The fourth-order valence-electron chi connectivity index (χ4n) is 16.1. The molecule has 12 N–H and O–H groups in total. The standard InChI is InChI=1S/C50H82O18/c1-20-13-26(25-14-21(2)50(8)27(33(25)22(20)3)9-10-32-47(5)16-28(53)43(62)48(6,19-52)31(47)11-12-49(32,50)7)44(63)66-29-15-24(35(55)38(58)36(29)56)18-64-45-41(61)39(59)42(30(17-51)67-45)68-46-40(60)37(57)34(54)23(4)65-46/h9,20-26,28-43,45-46,51-62H,10-19H2,1-8H3/t20-,21-,22+,23-,24-,25+,26-,28-,29-,30-,31+,32-,33+,34+,35-,36+,37-,38+,39-,40-,41-,42-,43+,45-,46+,47+,48+,49-,50-/m1/s1. The van der Waals surface area contributed by atoms with Gasteiger partial charge >= 0.3 is 5.97 Å². The van der Waals surface area contributed by atoms with Gasteiger partial charge in [-0.05, 0) is 110 Å². The van der Waals surface area contributed by atoms with Crippen LogP contribution >= 0.6 is 0 Å². The molecule has 0 bridgehead atoms. The number of hydrogen-bond acceptors (Lipinski definition) is 18. The molecule has 0 unspecified atom stereocenters. The monoisotopic (exact) mass is 971 g/mol. The summed E-state index contributed by atoms with van der Waals surface area (Å²) < 4.78 is 29.0. The lowest BCUT2D eigenvalue weighted by Gasteiger charge is -2.72. The molecule has 0 amide bonds. The van der Waals surface area contributed by atoms with E-state index in [0.29, 0.717) is 12.8 Å². The molecule has 8 aliphatic rings. The van der Waals surface area contributed by atoms with Gasteiger partial charge in [-0.3, -0.25) is 4.79 Å². The predicted molar refractivity (Wildman–Crippen MR) is 239 cm³/mol. The Bertz CT molecular complexity index is 1840. The zero-order valence-electron chi connectivity index (χ0n) is 40.9. The Hall–Kier alpha value is -1.43. The molecule has 2 saturated heterocycles. The van der Waals surface area contributed by atoms with Crippen LogP contribution in [0, 0.1) is 74.9 Å². The molecule has 68 heavy (non-hydrogen) atoms. The zero-order chi connectivity index (χ0) is 49.9. The molecule has 6 aliphatic carbocycles. The minimum absolute atomic E-state index is 0.0272. The lowest BCUT2D eigenvalue weighted by atomic mass is 9.32. The van der Waals surface area contributed by atoms with Gasteiger partial charge in [0.1, 0.15) is 61.0 Å². The summed E-state index contributed by atoms with van der Waals surface area (Å²) >= 11 is 0. The van der Waals surface area contributed by atoms with E-state index in [1.54, 1.807) is 0 Å². The van der Waals surface area contributed by atoms with Gasteiger partial charge in [-0.1, -0.05) is 60.1 Å². The van der Waals surface area contributed by atoms with Gasteiger partial charge in [0.05, 0.1) is 50.2 Å². The number of aliphatic hydroxyl groups is 12. The van der Waals surface area contributed by atoms with Crippen LogP contribution in [0.4, 0.5) is 0 Å². The van der Waals surface area contributed by atoms with Crippen molar-refractivity contribution in [1.82, 2.24) is 0 Å². The van der Waals surface area contributed by atoms with E-state index in [2.05, 4.69) is 47.6 Å². The Morgan fingerprint density at radius 2 is 1.43 bits per heavy atom. The average molecular weight is 971 g/mol. The normalized spacial score (nSPS) is 57.1. The van der Waals surface area contributed by atoms with Crippen molar-refractivity contribution in [2.24, 2.45) is 74.9 Å². The molecular weight excluding hydrogens is 889 g/mol. The SMILES string of the molecule is C[C@@H]1[C@@H]2C3=CC[C@@H]4[C@@]5(C)C[C@@H](O)[C@H](O)[C@@](C)(CO)[C@H]5CC[C@@]4(C)[C@]3(C)[C@H](C)C[C@H]2[C@H](C(=O)O[C@@H]2C[C@H](CO[C@@H]3O[C@H](CO)[C@@H](O[C@@H]4O[C@H](C)[C@H](O)[C@@H](O)[C@H]4O)[C@H](O)[C@H]3O)[C@@H](O)[C@H](O)[C@H]2O)C[C@H]1C. The minimum Gasteiger partial charge on any atom is -0.459 e. The number of rotatable bonds is 9. The number of carbonyl (C=O) groups is 1. The Morgan fingerprint density at radius 3 is 2.09 bits per heavy atom. The second-order valence-electron chi connectivity index (χ2n) is 23.8. The van der Waals surface area contributed by atoms with Gasteiger partial charge in [-0.2, -0.15) is 0 Å². The first-order valence-electron chi connectivity index (χ1n) is 25.3. The number of fused-ring (bicyclic) bond motifs is 7. The summed E-state index contributed by atoms with van der Waals surface area (Å²) in [5, 5.41) is 130. The van der Waals surface area contributed by atoms with E-state index in [0.717, 1.165) is 25.7 Å². The predicted octanol–water partition coefficient (Wildman–Crippen LogP) is -0.267. The summed E-state index contributed by atoms with van der Waals surface area (Å²) in [5.41, 5.74) is -0.201. The third-order valence-corrected chi connectivity index (χ3v) is 20.6. The summed E-state index contributed by atoms with van der Waals surface area (Å²) in [6, 6.07) is 0. The molecule has 29 atom stereocenters. The summed E-state index contributed by atoms with van der Waals surface area (Å²) in [4.78, 5) is 14.6. The average Bonchev–Trinajstić information content (AvgIpc) is 3.29. The van der Waals surface area contributed by atoms with Crippen LogP contribution in [0.5, 0.6) is 0 Å². The quantitative estimate of drug-likeness (QED) is 0.105. The third-order valence-electron chi connectivity index (χ3n) is 20.6. The number of hydrogen-bond donors (Lipinski definition) is 12. The van der Waals surface area contributed by atoms with Crippen molar-refractivity contribution >= 4 is 5.97 Å². The molecule has 390 valence electrons. The minimum atomic E-state index is -1.80. The fourth-order valence-corrected chi connectivity index (χ4v) is 16.1. The van der Waals surface area contributed by atoms with Gasteiger partial charge in [-0.15, -0.1) is 0 Å². The highest BCUT2D eigenvalue weighted by atomic mass is 16.7. The van der Waals surface area contributed by atoms with E-state index in [1.165, 1.54) is 12.5 Å². The van der Waals surface area contributed by atoms with Crippen molar-refractivity contribution in [1.29, 1.82) is 0 Å². The van der Waals surface area contributed by atoms with E-state index in [1.807, 2.05) is 6.92 Å². The van der Waals surface area contributed by atoms with E-state index in [4.69, 9.17) is 23.7 Å². The van der Waals surface area contributed by atoms with Gasteiger partial charge in [-0.25, -0.2) is 0 Å². The second kappa shape index (κ2) is 19.1. The Morgan fingerprint density at radius 1 is 0.765 bits per heavy atom. The van der Waals surface area contributed by atoms with Crippen molar-refractivity contribution in [3.05, 3.63) is 11.6 Å². The summed E-state index contributed by atoms with van der Waals surface area (Å²) in [5.74, 6) is -1.18. The molecule has 5 saturated carbocycles. The third kappa shape index (κ3) is 8.09. The molecule has 0 aromatic heterocycles. The molecule has 8 rings (SSSR count). The van der Waals surface area contributed by atoms with Crippen LogP contribution < -0.4 is 0 Å². The first kappa shape index (κ1) is 52.9. The Kier molecular flexibility index (Phi) is 14.9. The van der Waals surface area contributed by atoms with E-state index >= 15 is 0 Å². The van der Waals surface area contributed by atoms with Crippen molar-refractivity contribution in [2.75, 3.05) is 19.8 Å². The smallest absolute Gasteiger partial charge is 0.309 e. The van der Waals surface area contributed by atoms with E-state index in [-0.39, 0.29) is 70.7 Å². The molecule has 7 fully saturated rings.